The molecular formula is C26H28Cl2N4O5S2. The molecule has 0 saturated heterocycles. The van der Waals surface area contributed by atoms with Gasteiger partial charge in [-0.3, -0.25) is 14.4 Å². The first-order valence-electron chi connectivity index (χ1n) is 11.5. The molecule has 0 spiro atoms. The number of rotatable bonds is 10. The van der Waals surface area contributed by atoms with E-state index in [1.54, 1.807) is 55.6 Å². The summed E-state index contributed by atoms with van der Waals surface area (Å²) < 4.78 is 40.1. The number of hydrogen-bond donors (Lipinski definition) is 1. The van der Waals surface area contributed by atoms with Gasteiger partial charge in [-0.2, -0.15) is 0 Å². The molecule has 0 bridgehead atoms. The number of benzene rings is 3. The minimum absolute atomic E-state index is 0. The summed E-state index contributed by atoms with van der Waals surface area (Å²) in [5.41, 5.74) is 0.886. The van der Waals surface area contributed by atoms with Crippen molar-refractivity contribution in [1.29, 1.82) is 0 Å². The predicted molar refractivity (Wildman–Crippen MR) is 159 cm³/mol. The van der Waals surface area contributed by atoms with Gasteiger partial charge in [0.25, 0.3) is 15.9 Å². The fourth-order valence-electron chi connectivity index (χ4n) is 3.67. The van der Waals surface area contributed by atoms with Gasteiger partial charge < -0.3 is 14.4 Å². The summed E-state index contributed by atoms with van der Waals surface area (Å²) in [6, 6.07) is 15.9. The van der Waals surface area contributed by atoms with Crippen LogP contribution in [0.2, 0.25) is 5.02 Å². The van der Waals surface area contributed by atoms with Gasteiger partial charge in [-0.05, 0) is 62.6 Å². The fourth-order valence-corrected chi connectivity index (χ4v) is 6.03. The van der Waals surface area contributed by atoms with Crippen molar-refractivity contribution in [1.82, 2.24) is 9.88 Å². The molecule has 0 unspecified atom stereocenters. The molecule has 0 saturated carbocycles. The molecule has 1 amide bonds. The lowest BCUT2D eigenvalue weighted by molar-refractivity contribution is 0.0986. The normalized spacial score (nSPS) is 11.2. The Labute approximate surface area is 242 Å². The highest BCUT2D eigenvalue weighted by Gasteiger charge is 2.26. The molecule has 0 aliphatic heterocycles. The van der Waals surface area contributed by atoms with E-state index >= 15 is 0 Å². The number of nitrogens with one attached hydrogen (secondary N) is 1. The average molecular weight is 612 g/mol. The first kappa shape index (κ1) is 30.5. The summed E-state index contributed by atoms with van der Waals surface area (Å²) in [7, 11) is 2.87. The van der Waals surface area contributed by atoms with Gasteiger partial charge in [-0.25, -0.2) is 13.4 Å². The number of aromatic nitrogens is 1. The van der Waals surface area contributed by atoms with Crippen LogP contribution in [0.1, 0.15) is 10.4 Å². The summed E-state index contributed by atoms with van der Waals surface area (Å²) in [5.74, 6) is 0.664. The standard InChI is InChI=1S/C26H27ClN4O5S2.ClH/c1-30(2)15-16-31(26-28-23-22(36-4)14-13-20(27)24(23)37-26)25(32)19-7-5-6-8-21(19)29-38(33,34)18-11-9-17(35-3)10-12-18;/h5-14,29H,15-16H2,1-4H3;1H. The number of nitrogens with zero attached hydrogens (tertiary/aromatic N) is 3. The third-order valence-corrected chi connectivity index (χ3v) is 8.61. The second-order valence-electron chi connectivity index (χ2n) is 8.51. The van der Waals surface area contributed by atoms with E-state index in [0.717, 1.165) is 0 Å². The molecule has 39 heavy (non-hydrogen) atoms. The number of carbonyl (C=O) groups is 1. The first-order chi connectivity index (χ1) is 18.1. The van der Waals surface area contributed by atoms with Crippen molar-refractivity contribution in [3.05, 3.63) is 71.2 Å². The highest BCUT2D eigenvalue weighted by atomic mass is 35.5. The van der Waals surface area contributed by atoms with E-state index in [1.165, 1.54) is 35.5 Å². The van der Waals surface area contributed by atoms with E-state index in [9.17, 15) is 13.2 Å². The molecule has 4 aromatic rings. The Kier molecular flexibility index (Phi) is 10.0. The number of sulfonamides is 1. The molecule has 4 rings (SSSR count). The second kappa shape index (κ2) is 12.8. The predicted octanol–water partition coefficient (Wildman–Crippen LogP) is 5.40. The topological polar surface area (TPSA) is 101 Å². The Morgan fingerprint density at radius 3 is 2.33 bits per heavy atom. The Bertz CT molecular complexity index is 1560. The molecule has 3 aromatic carbocycles. The summed E-state index contributed by atoms with van der Waals surface area (Å²) in [5, 5.41) is 0.920. The van der Waals surface area contributed by atoms with E-state index in [1.807, 2.05) is 19.0 Å². The monoisotopic (exact) mass is 610 g/mol. The number of ether oxygens (including phenoxy) is 2. The average Bonchev–Trinajstić information content (AvgIpc) is 3.35. The van der Waals surface area contributed by atoms with Crippen molar-refractivity contribution < 1.29 is 22.7 Å². The number of methoxy groups -OCH3 is 2. The highest BCUT2D eigenvalue weighted by Crippen LogP contribution is 2.39. The first-order valence-corrected chi connectivity index (χ1v) is 14.2. The van der Waals surface area contributed by atoms with Crippen LogP contribution in [0, 0.1) is 0 Å². The van der Waals surface area contributed by atoms with Gasteiger partial charge in [-0.1, -0.05) is 35.1 Å². The second-order valence-corrected chi connectivity index (χ2v) is 11.6. The van der Waals surface area contributed by atoms with Crippen LogP contribution in [0.25, 0.3) is 10.2 Å². The zero-order chi connectivity index (χ0) is 27.4. The quantitative estimate of drug-likeness (QED) is 0.256. The molecule has 0 aliphatic rings. The number of thiazole rings is 1. The van der Waals surface area contributed by atoms with Gasteiger partial charge in [0.2, 0.25) is 0 Å². The molecule has 1 N–H and O–H groups in total. The minimum Gasteiger partial charge on any atom is -0.497 e. The largest absolute Gasteiger partial charge is 0.497 e. The molecule has 1 aromatic heterocycles. The molecule has 208 valence electrons. The lowest BCUT2D eigenvalue weighted by Crippen LogP contribution is -2.37. The van der Waals surface area contributed by atoms with Crippen molar-refractivity contribution in [3.63, 3.8) is 0 Å². The Hall–Kier alpha value is -3.09. The maximum atomic E-state index is 14.0. The van der Waals surface area contributed by atoms with Crippen molar-refractivity contribution >= 4 is 72.3 Å². The Morgan fingerprint density at radius 2 is 1.69 bits per heavy atom. The maximum absolute atomic E-state index is 14.0. The number of anilines is 2. The van der Waals surface area contributed by atoms with E-state index in [2.05, 4.69) is 9.71 Å². The van der Waals surface area contributed by atoms with Crippen molar-refractivity contribution in [2.45, 2.75) is 4.90 Å². The SMILES string of the molecule is COc1ccc(S(=O)(=O)Nc2ccccc2C(=O)N(CCN(C)C)c2nc3c(OC)ccc(Cl)c3s2)cc1.Cl. The highest BCUT2D eigenvalue weighted by molar-refractivity contribution is 7.92. The molecule has 0 fully saturated rings. The van der Waals surface area contributed by atoms with Crippen LogP contribution in [0.15, 0.2) is 65.6 Å². The van der Waals surface area contributed by atoms with Gasteiger partial charge >= 0.3 is 0 Å². The van der Waals surface area contributed by atoms with Crippen LogP contribution < -0.4 is 19.1 Å². The third-order valence-electron chi connectivity index (χ3n) is 5.69. The summed E-state index contributed by atoms with van der Waals surface area (Å²) in [6.45, 7) is 0.859. The van der Waals surface area contributed by atoms with Crippen LogP contribution in [-0.2, 0) is 10.0 Å². The molecular weight excluding hydrogens is 583 g/mol. The molecule has 13 heteroatoms. The van der Waals surface area contributed by atoms with Crippen LogP contribution in [0.5, 0.6) is 11.5 Å². The number of carbonyl (C=O) groups excluding carboxylic acids is 1. The lowest BCUT2D eigenvalue weighted by atomic mass is 10.1. The van der Waals surface area contributed by atoms with E-state index in [4.69, 9.17) is 21.1 Å². The molecule has 0 aliphatic carbocycles. The van der Waals surface area contributed by atoms with Gasteiger partial charge in [0.1, 0.15) is 17.0 Å². The van der Waals surface area contributed by atoms with E-state index in [-0.39, 0.29) is 28.6 Å². The van der Waals surface area contributed by atoms with E-state index in [0.29, 0.717) is 45.0 Å². The van der Waals surface area contributed by atoms with Gasteiger partial charge in [0.05, 0.1) is 40.1 Å². The van der Waals surface area contributed by atoms with Gasteiger partial charge in [-0.15, -0.1) is 12.4 Å². The summed E-state index contributed by atoms with van der Waals surface area (Å²) >= 11 is 7.69. The smallest absolute Gasteiger partial charge is 0.262 e. The lowest BCUT2D eigenvalue weighted by Gasteiger charge is -2.23. The van der Waals surface area contributed by atoms with Gasteiger partial charge in [0, 0.05) is 13.1 Å². The van der Waals surface area contributed by atoms with Crippen molar-refractivity contribution in [3.8, 4) is 11.5 Å². The maximum Gasteiger partial charge on any atom is 0.262 e. The fraction of sp³-hybridized carbons (Fsp3) is 0.231. The zero-order valence-corrected chi connectivity index (χ0v) is 24.9. The Morgan fingerprint density at radius 1 is 1.00 bits per heavy atom. The van der Waals surface area contributed by atoms with Crippen LogP contribution >= 0.6 is 35.3 Å². The zero-order valence-electron chi connectivity index (χ0n) is 21.7. The van der Waals surface area contributed by atoms with E-state index < -0.39 is 15.9 Å². The van der Waals surface area contributed by atoms with Crippen molar-refractivity contribution in [2.24, 2.45) is 0 Å². The number of amides is 1. The minimum atomic E-state index is -3.98. The number of fused-ring (bicyclic) bond motifs is 1. The van der Waals surface area contributed by atoms with Crippen LogP contribution in [0.3, 0.4) is 0 Å². The van der Waals surface area contributed by atoms with Crippen LogP contribution in [0.4, 0.5) is 10.8 Å². The van der Waals surface area contributed by atoms with Gasteiger partial charge in [0.15, 0.2) is 5.13 Å². The molecule has 0 atom stereocenters. The number of halogens is 2. The number of likely N-dealkylation sites (N-methyl/N-ethyl adjacent to an activating group) is 1. The summed E-state index contributed by atoms with van der Waals surface area (Å²) in [6.07, 6.45) is 0. The number of hydrogen-bond acceptors (Lipinski definition) is 8. The molecule has 9 nitrogen and oxygen atoms in total. The van der Waals surface area contributed by atoms with Crippen molar-refractivity contribution in [2.75, 3.05) is 51.0 Å². The Balaban J connectivity index is 0.00000420. The third kappa shape index (κ3) is 6.74. The number of para-hydroxylation sites is 1. The molecule has 0 radical (unpaired) electrons. The summed E-state index contributed by atoms with van der Waals surface area (Å²) in [4.78, 5) is 22.2. The van der Waals surface area contributed by atoms with Crippen LogP contribution in [-0.4, -0.2) is 65.6 Å². The molecule has 1 heterocycles.